The van der Waals surface area contributed by atoms with Crippen LogP contribution in [0.5, 0.6) is 0 Å². The summed E-state index contributed by atoms with van der Waals surface area (Å²) < 4.78 is 27.2. The third-order valence-corrected chi connectivity index (χ3v) is 3.78. The second-order valence-corrected chi connectivity index (χ2v) is 6.34. The molecule has 0 saturated heterocycles. The maximum Gasteiger partial charge on any atom is 0.270 e. The summed E-state index contributed by atoms with van der Waals surface area (Å²) in [7, 11) is 0. The van der Waals surface area contributed by atoms with Gasteiger partial charge in [0.25, 0.3) is 11.8 Å². The lowest BCUT2D eigenvalue weighted by molar-refractivity contribution is -0.126. The maximum absolute atomic E-state index is 13.4. The van der Waals surface area contributed by atoms with Crippen molar-refractivity contribution in [2.45, 2.75) is 13.0 Å². The summed E-state index contributed by atoms with van der Waals surface area (Å²) in [6.45, 7) is 1.46. The first-order valence-corrected chi connectivity index (χ1v) is 8.44. The van der Waals surface area contributed by atoms with Gasteiger partial charge in [0.05, 0.1) is 5.69 Å². The molecule has 1 atom stereocenters. The number of halogens is 3. The Labute approximate surface area is 161 Å². The molecule has 0 saturated carbocycles. The van der Waals surface area contributed by atoms with Crippen molar-refractivity contribution in [1.29, 1.82) is 0 Å². The first-order valence-electron chi connectivity index (χ1n) is 7.37. The summed E-state index contributed by atoms with van der Waals surface area (Å²) in [5.41, 5.74) is 0.395. The summed E-state index contributed by atoms with van der Waals surface area (Å²) in [4.78, 5) is 28.5. The van der Waals surface area contributed by atoms with E-state index in [1.54, 1.807) is 12.1 Å². The number of carbonyl (C=O) groups is 2. The van der Waals surface area contributed by atoms with E-state index >= 15 is 0 Å². The van der Waals surface area contributed by atoms with Gasteiger partial charge in [0.15, 0.2) is 0 Å². The van der Waals surface area contributed by atoms with Gasteiger partial charge in [-0.15, -0.1) is 0 Å². The lowest BCUT2D eigenvalue weighted by atomic mass is 10.3. The second kappa shape index (κ2) is 9.22. The fourth-order valence-electron chi connectivity index (χ4n) is 1.75. The molecule has 2 N–H and O–H groups in total. The number of amides is 2. The molecule has 0 aliphatic heterocycles. The normalized spacial score (nSPS) is 11.8. The van der Waals surface area contributed by atoms with Gasteiger partial charge in [-0.1, -0.05) is 5.16 Å². The zero-order valence-corrected chi connectivity index (χ0v) is 15.7. The first-order chi connectivity index (χ1) is 12.3. The van der Waals surface area contributed by atoms with E-state index < -0.39 is 29.6 Å². The van der Waals surface area contributed by atoms with E-state index in [4.69, 9.17) is 4.84 Å². The van der Waals surface area contributed by atoms with Crippen LogP contribution in [0.2, 0.25) is 0 Å². The number of nitrogens with one attached hydrogen (secondary N) is 2. The van der Waals surface area contributed by atoms with Gasteiger partial charge in [-0.05, 0) is 65.9 Å². The molecule has 0 fully saturated rings. The van der Waals surface area contributed by atoms with Crippen molar-refractivity contribution < 1.29 is 23.2 Å². The number of nitrogens with zero attached hydrogens (tertiary/aromatic N) is 1. The third-order valence-electron chi connectivity index (χ3n) is 3.06. The Hall–Kier alpha value is -2.56. The fraction of sp³-hybridized carbons (Fsp3) is 0.118. The van der Waals surface area contributed by atoms with Crippen LogP contribution < -0.4 is 10.6 Å². The van der Waals surface area contributed by atoms with E-state index in [9.17, 15) is 18.4 Å². The van der Waals surface area contributed by atoms with Gasteiger partial charge >= 0.3 is 0 Å². The van der Waals surface area contributed by atoms with Crippen LogP contribution in [0.3, 0.4) is 0 Å². The van der Waals surface area contributed by atoms with Crippen molar-refractivity contribution in [2.24, 2.45) is 5.16 Å². The lowest BCUT2D eigenvalue weighted by Gasteiger charge is -2.10. The number of anilines is 2. The zero-order valence-electron chi connectivity index (χ0n) is 13.5. The molecule has 136 valence electrons. The summed E-state index contributed by atoms with van der Waals surface area (Å²) in [6.07, 6.45) is -0.210. The van der Waals surface area contributed by atoms with E-state index in [2.05, 4.69) is 38.4 Å². The first kappa shape index (κ1) is 19.8. The lowest BCUT2D eigenvalue weighted by Crippen LogP contribution is -2.26. The van der Waals surface area contributed by atoms with Crippen LogP contribution >= 0.6 is 22.6 Å². The van der Waals surface area contributed by atoms with Gasteiger partial charge < -0.3 is 15.5 Å². The SMILES string of the molecule is CC(O/N=C/C(=O)Nc1ccc(F)cc1F)C(=O)Nc1ccc(I)cc1. The van der Waals surface area contributed by atoms with Gasteiger partial charge in [-0.25, -0.2) is 8.78 Å². The van der Waals surface area contributed by atoms with Gasteiger partial charge in [0.1, 0.15) is 17.8 Å². The zero-order chi connectivity index (χ0) is 19.1. The Morgan fingerprint density at radius 1 is 1.15 bits per heavy atom. The van der Waals surface area contributed by atoms with Crippen LogP contribution in [-0.4, -0.2) is 24.1 Å². The topological polar surface area (TPSA) is 79.8 Å². The van der Waals surface area contributed by atoms with E-state index in [1.807, 2.05) is 12.1 Å². The standard InChI is InChI=1S/C17H14F2IN3O3/c1-10(17(25)22-13-5-3-12(20)4-6-13)26-21-9-16(24)23-15-7-2-11(18)8-14(15)19/h2-10H,1H3,(H,22,25)(H,23,24)/b21-9+. The van der Waals surface area contributed by atoms with Gasteiger partial charge in [0, 0.05) is 15.3 Å². The van der Waals surface area contributed by atoms with Crippen molar-refractivity contribution in [3.05, 3.63) is 57.7 Å². The number of hydrogen-bond donors (Lipinski definition) is 2. The Bertz CT molecular complexity index is 829. The smallest absolute Gasteiger partial charge is 0.270 e. The van der Waals surface area contributed by atoms with Crippen LogP contribution in [0.4, 0.5) is 20.2 Å². The predicted molar refractivity (Wildman–Crippen MR) is 102 cm³/mol. The molecule has 2 aromatic carbocycles. The Morgan fingerprint density at radius 2 is 1.85 bits per heavy atom. The molecule has 0 spiro atoms. The van der Waals surface area contributed by atoms with Crippen LogP contribution in [-0.2, 0) is 14.4 Å². The summed E-state index contributed by atoms with van der Waals surface area (Å²) in [5, 5.41) is 8.20. The minimum absolute atomic E-state index is 0.202. The van der Waals surface area contributed by atoms with Crippen molar-refractivity contribution in [2.75, 3.05) is 10.6 Å². The molecule has 2 amide bonds. The molecule has 0 radical (unpaired) electrons. The molecule has 2 rings (SSSR count). The molecule has 0 aliphatic carbocycles. The highest BCUT2D eigenvalue weighted by molar-refractivity contribution is 14.1. The van der Waals surface area contributed by atoms with Crippen molar-refractivity contribution in [3.63, 3.8) is 0 Å². The Balaban J connectivity index is 1.83. The minimum atomic E-state index is -0.958. The predicted octanol–water partition coefficient (Wildman–Crippen LogP) is 3.54. The summed E-state index contributed by atoms with van der Waals surface area (Å²) >= 11 is 2.14. The quantitative estimate of drug-likeness (QED) is 0.383. The van der Waals surface area contributed by atoms with Crippen LogP contribution in [0.1, 0.15) is 6.92 Å². The third kappa shape index (κ3) is 6.06. The molecule has 2 aromatic rings. The Kier molecular flexibility index (Phi) is 7.01. The highest BCUT2D eigenvalue weighted by atomic mass is 127. The molecular formula is C17H14F2IN3O3. The van der Waals surface area contributed by atoms with E-state index in [0.717, 1.165) is 21.9 Å². The maximum atomic E-state index is 13.4. The highest BCUT2D eigenvalue weighted by Gasteiger charge is 2.14. The van der Waals surface area contributed by atoms with E-state index in [-0.39, 0.29) is 5.69 Å². The largest absolute Gasteiger partial charge is 0.383 e. The average molecular weight is 473 g/mol. The number of carbonyl (C=O) groups excluding carboxylic acids is 2. The van der Waals surface area contributed by atoms with Gasteiger partial charge in [-0.2, -0.15) is 0 Å². The van der Waals surface area contributed by atoms with Gasteiger partial charge in [-0.3, -0.25) is 9.59 Å². The van der Waals surface area contributed by atoms with E-state index in [0.29, 0.717) is 11.8 Å². The molecule has 26 heavy (non-hydrogen) atoms. The second-order valence-electron chi connectivity index (χ2n) is 5.09. The van der Waals surface area contributed by atoms with E-state index in [1.165, 1.54) is 6.92 Å². The number of hydrogen-bond acceptors (Lipinski definition) is 4. The molecule has 0 heterocycles. The van der Waals surface area contributed by atoms with Crippen LogP contribution in [0.25, 0.3) is 0 Å². The molecule has 9 heteroatoms. The van der Waals surface area contributed by atoms with Crippen molar-refractivity contribution in [3.8, 4) is 0 Å². The molecular weight excluding hydrogens is 459 g/mol. The van der Waals surface area contributed by atoms with Crippen LogP contribution in [0.15, 0.2) is 47.6 Å². The minimum Gasteiger partial charge on any atom is -0.383 e. The number of rotatable bonds is 6. The van der Waals surface area contributed by atoms with Crippen LogP contribution in [0, 0.1) is 15.2 Å². The molecule has 0 aromatic heterocycles. The van der Waals surface area contributed by atoms with Crippen molar-refractivity contribution >= 4 is 52.0 Å². The molecule has 0 bridgehead atoms. The average Bonchev–Trinajstić information content (AvgIpc) is 2.59. The molecule has 0 aliphatic rings. The van der Waals surface area contributed by atoms with Crippen molar-refractivity contribution in [1.82, 2.24) is 0 Å². The molecule has 1 unspecified atom stereocenters. The Morgan fingerprint density at radius 3 is 2.50 bits per heavy atom. The monoisotopic (exact) mass is 473 g/mol. The fourth-order valence-corrected chi connectivity index (χ4v) is 2.11. The summed E-state index contributed by atoms with van der Waals surface area (Å²) in [6, 6.07) is 9.86. The number of oxime groups is 1. The summed E-state index contributed by atoms with van der Waals surface area (Å²) in [5.74, 6) is -2.92. The van der Waals surface area contributed by atoms with Gasteiger partial charge in [0.2, 0.25) is 6.10 Å². The molecule has 6 nitrogen and oxygen atoms in total. The number of benzene rings is 2. The highest BCUT2D eigenvalue weighted by Crippen LogP contribution is 2.14.